The zero-order chi connectivity index (χ0) is 15.6. The molecule has 1 amide bonds. The van der Waals surface area contributed by atoms with Crippen LogP contribution in [-0.2, 0) is 0 Å². The van der Waals surface area contributed by atoms with Crippen LogP contribution in [0.25, 0.3) is 0 Å². The molecule has 0 aliphatic rings. The molecule has 0 radical (unpaired) electrons. The summed E-state index contributed by atoms with van der Waals surface area (Å²) in [6, 6.07) is 8.83. The van der Waals surface area contributed by atoms with Crippen molar-refractivity contribution >= 4 is 51.8 Å². The molecule has 2 aromatic carbocycles. The van der Waals surface area contributed by atoms with Crippen LogP contribution < -0.4 is 5.32 Å². The van der Waals surface area contributed by atoms with Crippen LogP contribution in [-0.4, -0.2) is 22.1 Å². The van der Waals surface area contributed by atoms with E-state index in [2.05, 4.69) is 5.32 Å². The first-order valence-electron chi connectivity index (χ1n) is 5.72. The van der Waals surface area contributed by atoms with Crippen molar-refractivity contribution in [3.63, 3.8) is 0 Å². The van der Waals surface area contributed by atoms with Crippen molar-refractivity contribution in [2.75, 3.05) is 5.32 Å². The molecule has 2 rings (SSSR count). The SMILES string of the molecule is O=C(Nc1cccc(Cl)c1C(=O)O)c1ccc(I)c(O)c1. The number of phenolic OH excluding ortho intramolecular Hbond substituents is 1. The summed E-state index contributed by atoms with van der Waals surface area (Å²) >= 11 is 7.76. The third kappa shape index (κ3) is 3.45. The number of carboxylic acid groups (broad SMARTS) is 1. The molecule has 0 fully saturated rings. The lowest BCUT2D eigenvalue weighted by atomic mass is 10.1. The predicted octanol–water partition coefficient (Wildman–Crippen LogP) is 3.60. The minimum Gasteiger partial charge on any atom is -0.507 e. The molecule has 21 heavy (non-hydrogen) atoms. The number of anilines is 1. The number of carbonyl (C=O) groups excluding carboxylic acids is 1. The maximum atomic E-state index is 12.1. The van der Waals surface area contributed by atoms with Gasteiger partial charge in [0, 0.05) is 5.56 Å². The molecule has 2 aromatic rings. The van der Waals surface area contributed by atoms with E-state index in [1.54, 1.807) is 6.07 Å². The van der Waals surface area contributed by atoms with Gasteiger partial charge in [0.25, 0.3) is 5.91 Å². The van der Waals surface area contributed by atoms with Gasteiger partial charge in [-0.15, -0.1) is 0 Å². The average Bonchev–Trinajstić information content (AvgIpc) is 2.41. The molecule has 0 saturated carbocycles. The van der Waals surface area contributed by atoms with Gasteiger partial charge in [-0.2, -0.15) is 0 Å². The fourth-order valence-corrected chi connectivity index (χ4v) is 2.28. The Labute approximate surface area is 138 Å². The number of aromatic carboxylic acids is 1. The normalized spacial score (nSPS) is 10.2. The van der Waals surface area contributed by atoms with E-state index in [-0.39, 0.29) is 27.6 Å². The molecule has 0 atom stereocenters. The van der Waals surface area contributed by atoms with Gasteiger partial charge in [0.05, 0.1) is 14.3 Å². The van der Waals surface area contributed by atoms with E-state index in [4.69, 9.17) is 16.7 Å². The van der Waals surface area contributed by atoms with Gasteiger partial charge in [-0.3, -0.25) is 4.79 Å². The molecule has 0 aliphatic carbocycles. The highest BCUT2D eigenvalue weighted by atomic mass is 127. The van der Waals surface area contributed by atoms with E-state index in [9.17, 15) is 14.7 Å². The second-order valence-electron chi connectivity index (χ2n) is 4.09. The van der Waals surface area contributed by atoms with Crippen molar-refractivity contribution < 1.29 is 19.8 Å². The van der Waals surface area contributed by atoms with Crippen LogP contribution in [0.2, 0.25) is 5.02 Å². The number of carbonyl (C=O) groups is 2. The van der Waals surface area contributed by atoms with Crippen LogP contribution in [0.1, 0.15) is 20.7 Å². The van der Waals surface area contributed by atoms with Crippen LogP contribution in [0.5, 0.6) is 5.75 Å². The number of halogens is 2. The van der Waals surface area contributed by atoms with Gasteiger partial charge in [0.15, 0.2) is 0 Å². The monoisotopic (exact) mass is 417 g/mol. The molecule has 7 heteroatoms. The molecule has 3 N–H and O–H groups in total. The first-order valence-corrected chi connectivity index (χ1v) is 7.17. The summed E-state index contributed by atoms with van der Waals surface area (Å²) in [5, 5.41) is 21.2. The lowest BCUT2D eigenvalue weighted by Gasteiger charge is -2.10. The lowest BCUT2D eigenvalue weighted by Crippen LogP contribution is -2.15. The second-order valence-corrected chi connectivity index (χ2v) is 5.66. The second kappa shape index (κ2) is 6.31. The molecule has 0 saturated heterocycles. The van der Waals surface area contributed by atoms with Crippen LogP contribution in [0.15, 0.2) is 36.4 Å². The number of rotatable bonds is 3. The summed E-state index contributed by atoms with van der Waals surface area (Å²) in [6.07, 6.45) is 0. The zero-order valence-electron chi connectivity index (χ0n) is 10.4. The van der Waals surface area contributed by atoms with Gasteiger partial charge in [-0.1, -0.05) is 17.7 Å². The number of amides is 1. The van der Waals surface area contributed by atoms with Crippen molar-refractivity contribution in [3.8, 4) is 5.75 Å². The summed E-state index contributed by atoms with van der Waals surface area (Å²) in [5.41, 5.74) is 0.129. The van der Waals surface area contributed by atoms with Crippen molar-refractivity contribution in [1.82, 2.24) is 0 Å². The number of benzene rings is 2. The Balaban J connectivity index is 2.34. The van der Waals surface area contributed by atoms with E-state index >= 15 is 0 Å². The highest BCUT2D eigenvalue weighted by molar-refractivity contribution is 14.1. The first kappa shape index (κ1) is 15.6. The standard InChI is InChI=1S/C14H9ClINO4/c15-8-2-1-3-10(12(8)14(20)21)17-13(19)7-4-5-9(16)11(18)6-7/h1-6,18H,(H,17,19)(H,20,21). The maximum Gasteiger partial charge on any atom is 0.339 e. The van der Waals surface area contributed by atoms with E-state index in [0.717, 1.165) is 0 Å². The average molecular weight is 418 g/mol. The van der Waals surface area contributed by atoms with Gasteiger partial charge in [0.2, 0.25) is 0 Å². The number of hydrogen-bond donors (Lipinski definition) is 3. The Morgan fingerprint density at radius 3 is 2.52 bits per heavy atom. The summed E-state index contributed by atoms with van der Waals surface area (Å²) in [6.45, 7) is 0. The lowest BCUT2D eigenvalue weighted by molar-refractivity contribution is 0.0698. The topological polar surface area (TPSA) is 86.6 Å². The summed E-state index contributed by atoms with van der Waals surface area (Å²) in [4.78, 5) is 23.3. The molecule has 0 heterocycles. The number of carboxylic acids is 1. The minimum atomic E-state index is -1.23. The van der Waals surface area contributed by atoms with Crippen LogP contribution in [0.3, 0.4) is 0 Å². The molecule has 108 valence electrons. The molecular weight excluding hydrogens is 409 g/mol. The van der Waals surface area contributed by atoms with Crippen molar-refractivity contribution in [1.29, 1.82) is 0 Å². The van der Waals surface area contributed by atoms with Crippen molar-refractivity contribution in [3.05, 3.63) is 56.1 Å². The summed E-state index contributed by atoms with van der Waals surface area (Å²) < 4.78 is 0.609. The largest absolute Gasteiger partial charge is 0.507 e. The third-order valence-corrected chi connectivity index (χ3v) is 3.91. The quantitative estimate of drug-likeness (QED) is 0.666. The van der Waals surface area contributed by atoms with E-state index in [0.29, 0.717) is 3.57 Å². The molecular formula is C14H9ClINO4. The minimum absolute atomic E-state index is 0.0206. The van der Waals surface area contributed by atoms with Gasteiger partial charge >= 0.3 is 5.97 Å². The Bertz CT molecular complexity index is 733. The fourth-order valence-electron chi connectivity index (χ4n) is 1.69. The van der Waals surface area contributed by atoms with Crippen LogP contribution in [0.4, 0.5) is 5.69 Å². The van der Waals surface area contributed by atoms with Crippen LogP contribution in [0, 0.1) is 3.57 Å². The highest BCUT2D eigenvalue weighted by Gasteiger charge is 2.17. The molecule has 0 aliphatic heterocycles. The zero-order valence-corrected chi connectivity index (χ0v) is 13.3. The van der Waals surface area contributed by atoms with Crippen molar-refractivity contribution in [2.45, 2.75) is 0 Å². The maximum absolute atomic E-state index is 12.1. The number of phenols is 1. The third-order valence-electron chi connectivity index (χ3n) is 2.68. The highest BCUT2D eigenvalue weighted by Crippen LogP contribution is 2.26. The molecule has 0 spiro atoms. The predicted molar refractivity (Wildman–Crippen MR) is 87.2 cm³/mol. The molecule has 0 bridgehead atoms. The number of hydrogen-bond acceptors (Lipinski definition) is 3. The van der Waals surface area contributed by atoms with Gasteiger partial charge in [-0.05, 0) is 52.9 Å². The molecule has 5 nitrogen and oxygen atoms in total. The Morgan fingerprint density at radius 1 is 1.19 bits per heavy atom. The summed E-state index contributed by atoms with van der Waals surface area (Å²) in [7, 11) is 0. The van der Waals surface area contributed by atoms with Gasteiger partial charge in [-0.25, -0.2) is 4.79 Å². The first-order chi connectivity index (χ1) is 9.90. The number of nitrogens with one attached hydrogen (secondary N) is 1. The fraction of sp³-hybridized carbons (Fsp3) is 0. The van der Waals surface area contributed by atoms with E-state index < -0.39 is 11.9 Å². The van der Waals surface area contributed by atoms with Crippen molar-refractivity contribution in [2.24, 2.45) is 0 Å². The Kier molecular flexibility index (Phi) is 4.69. The van der Waals surface area contributed by atoms with Gasteiger partial charge in [0.1, 0.15) is 11.3 Å². The van der Waals surface area contributed by atoms with E-state index in [1.165, 1.54) is 30.3 Å². The molecule has 0 unspecified atom stereocenters. The molecule has 0 aromatic heterocycles. The number of aromatic hydroxyl groups is 1. The Morgan fingerprint density at radius 2 is 1.90 bits per heavy atom. The van der Waals surface area contributed by atoms with Gasteiger partial charge < -0.3 is 15.5 Å². The smallest absolute Gasteiger partial charge is 0.339 e. The van der Waals surface area contributed by atoms with Crippen LogP contribution >= 0.6 is 34.2 Å². The van der Waals surface area contributed by atoms with E-state index in [1.807, 2.05) is 22.6 Å². The Hall–Kier alpha value is -1.80. The summed E-state index contributed by atoms with van der Waals surface area (Å²) in [5.74, 6) is -1.79.